The number of aliphatic hydroxyl groups is 3. The topological polar surface area (TPSA) is 118 Å². The van der Waals surface area contributed by atoms with E-state index in [-0.39, 0.29) is 35.6 Å². The normalized spacial score (nSPS) is 47.8. The number of hydrogen-bond acceptors (Lipinski definition) is 9. The van der Waals surface area contributed by atoms with Crippen molar-refractivity contribution >= 4 is 5.97 Å². The van der Waals surface area contributed by atoms with Crippen molar-refractivity contribution in [1.82, 2.24) is 4.90 Å². The van der Waals surface area contributed by atoms with Gasteiger partial charge in [-0.1, -0.05) is 47.6 Å². The van der Waals surface area contributed by atoms with Gasteiger partial charge in [-0.05, 0) is 90.2 Å². The van der Waals surface area contributed by atoms with E-state index in [4.69, 9.17) is 18.9 Å². The van der Waals surface area contributed by atoms with Crippen molar-refractivity contribution in [2.45, 2.75) is 161 Å². The third-order valence-electron chi connectivity index (χ3n) is 12.0. The number of ether oxygens (including phenoxy) is 4. The van der Waals surface area contributed by atoms with Gasteiger partial charge in [0, 0.05) is 32.0 Å². The Bertz CT molecular complexity index is 984. The molecule has 2 saturated heterocycles. The lowest BCUT2D eigenvalue weighted by molar-refractivity contribution is -0.306. The molecular weight excluding hydrogens is 574 g/mol. The fourth-order valence-electron chi connectivity index (χ4n) is 8.81. The highest BCUT2D eigenvalue weighted by Crippen LogP contribution is 2.50. The summed E-state index contributed by atoms with van der Waals surface area (Å²) in [6, 6.07) is -0.0921. The molecule has 1 unspecified atom stereocenters. The molecule has 1 aliphatic carbocycles. The van der Waals surface area contributed by atoms with E-state index in [1.165, 1.54) is 0 Å². The molecule has 2 heterocycles. The lowest BCUT2D eigenvalue weighted by atomic mass is 9.70. The smallest absolute Gasteiger partial charge is 0.311 e. The molecule has 2 aliphatic heterocycles. The van der Waals surface area contributed by atoms with E-state index in [2.05, 4.69) is 32.3 Å². The van der Waals surface area contributed by atoms with Crippen LogP contribution in [0.1, 0.15) is 108 Å². The van der Waals surface area contributed by atoms with E-state index < -0.39 is 59.4 Å². The molecule has 0 radical (unpaired) electrons. The average Bonchev–Trinajstić information content (AvgIpc) is 3.83. The number of nitrogens with zero attached hydrogens (tertiary/aromatic N) is 1. The van der Waals surface area contributed by atoms with Gasteiger partial charge in [-0.15, -0.1) is 0 Å². The van der Waals surface area contributed by atoms with Crippen molar-refractivity contribution in [3.8, 4) is 0 Å². The SMILES string of the molecule is C=CN1C[C@H](C)C[C@@](C)(O)[C@H](CC)[C@@H](C)[C@H](O[C@H]2C[C@](OC)(C3CC3)[C@@H](O)[C@H](C)O2)[C@@H](C)C(=O)O[C@H](CC)[C@@](C)(O)[C@H](C)C1C. The second kappa shape index (κ2) is 14.9. The van der Waals surface area contributed by atoms with E-state index in [0.29, 0.717) is 32.2 Å². The molecule has 0 bridgehead atoms. The Balaban J connectivity index is 2.06. The van der Waals surface area contributed by atoms with Crippen LogP contribution in [0.15, 0.2) is 12.8 Å². The fraction of sp³-hybridized carbons (Fsp3) is 0.917. The molecule has 0 aromatic rings. The molecule has 0 aromatic carbocycles. The number of methoxy groups -OCH3 is 1. The molecule has 0 aromatic heterocycles. The molecule has 9 heteroatoms. The van der Waals surface area contributed by atoms with Gasteiger partial charge in [0.15, 0.2) is 6.29 Å². The highest BCUT2D eigenvalue weighted by atomic mass is 16.7. The van der Waals surface area contributed by atoms with Gasteiger partial charge < -0.3 is 39.2 Å². The minimum atomic E-state index is -1.31. The Hall–Kier alpha value is -1.23. The standard InChI is InChI=1S/C36H65NO8/c1-13-28-22(5)31(45-30-19-36(42-12,27-16-17-27)32(38)26(9)43-30)23(6)33(39)44-29(14-2)35(11,41)24(7)25(8)37(15-3)20-21(4)18-34(28,10)40/h15,21-32,38,40-41H,3,13-14,16-20H2,1-2,4-12H3/t21-,22-,23-,24-,25?,26+,28-,29-,30+,31+,32+,34-,35+,36+/m1/s1. The van der Waals surface area contributed by atoms with E-state index in [1.54, 1.807) is 14.0 Å². The zero-order valence-electron chi connectivity index (χ0n) is 30.0. The van der Waals surface area contributed by atoms with Crippen molar-refractivity contribution in [3.05, 3.63) is 12.8 Å². The van der Waals surface area contributed by atoms with Gasteiger partial charge in [0.05, 0.1) is 23.7 Å². The first-order valence-corrected chi connectivity index (χ1v) is 17.5. The summed E-state index contributed by atoms with van der Waals surface area (Å²) in [5.74, 6) is -1.57. The molecule has 3 aliphatic rings. The molecule has 45 heavy (non-hydrogen) atoms. The molecule has 3 N–H and O–H groups in total. The van der Waals surface area contributed by atoms with Crippen LogP contribution in [0.3, 0.4) is 0 Å². The van der Waals surface area contributed by atoms with Crippen LogP contribution in [0.25, 0.3) is 0 Å². The number of carbonyl (C=O) groups is 1. The number of esters is 1. The Kier molecular flexibility index (Phi) is 12.7. The van der Waals surface area contributed by atoms with Gasteiger partial charge in [0.2, 0.25) is 0 Å². The summed E-state index contributed by atoms with van der Waals surface area (Å²) >= 11 is 0. The zero-order valence-corrected chi connectivity index (χ0v) is 30.0. The fourth-order valence-corrected chi connectivity index (χ4v) is 8.81. The largest absolute Gasteiger partial charge is 0.459 e. The zero-order chi connectivity index (χ0) is 34.1. The monoisotopic (exact) mass is 639 g/mol. The maximum absolute atomic E-state index is 14.0. The van der Waals surface area contributed by atoms with Crippen LogP contribution in [0.4, 0.5) is 0 Å². The summed E-state index contributed by atoms with van der Waals surface area (Å²) in [6.45, 7) is 24.2. The highest BCUT2D eigenvalue weighted by molar-refractivity contribution is 5.73. The van der Waals surface area contributed by atoms with Crippen LogP contribution >= 0.6 is 0 Å². The van der Waals surface area contributed by atoms with E-state index in [0.717, 1.165) is 12.8 Å². The van der Waals surface area contributed by atoms with Crippen molar-refractivity contribution in [2.75, 3.05) is 13.7 Å². The number of cyclic esters (lactones) is 1. The summed E-state index contributed by atoms with van der Waals surface area (Å²) in [6.07, 6.45) is 2.33. The summed E-state index contributed by atoms with van der Waals surface area (Å²) < 4.78 is 25.2. The molecule has 0 amide bonds. The van der Waals surface area contributed by atoms with Gasteiger partial charge in [0.25, 0.3) is 0 Å². The van der Waals surface area contributed by atoms with Gasteiger partial charge in [-0.3, -0.25) is 4.79 Å². The predicted molar refractivity (Wildman–Crippen MR) is 175 cm³/mol. The highest BCUT2D eigenvalue weighted by Gasteiger charge is 2.57. The number of aliphatic hydroxyl groups excluding tert-OH is 1. The van der Waals surface area contributed by atoms with Crippen LogP contribution in [0.2, 0.25) is 0 Å². The maximum Gasteiger partial charge on any atom is 0.311 e. The lowest BCUT2D eigenvalue weighted by Crippen LogP contribution is -2.60. The number of carbonyl (C=O) groups excluding carboxylic acids is 1. The van der Waals surface area contributed by atoms with Crippen LogP contribution in [0, 0.1) is 35.5 Å². The Labute approximate surface area is 273 Å². The van der Waals surface area contributed by atoms with E-state index >= 15 is 0 Å². The van der Waals surface area contributed by atoms with E-state index in [9.17, 15) is 20.1 Å². The van der Waals surface area contributed by atoms with Crippen LogP contribution in [-0.4, -0.2) is 93.4 Å². The summed E-state index contributed by atoms with van der Waals surface area (Å²) in [5.41, 5.74) is -3.15. The third-order valence-corrected chi connectivity index (χ3v) is 12.0. The van der Waals surface area contributed by atoms with Crippen molar-refractivity contribution in [3.63, 3.8) is 0 Å². The molecule has 0 spiro atoms. The van der Waals surface area contributed by atoms with Gasteiger partial charge in [-0.25, -0.2) is 0 Å². The van der Waals surface area contributed by atoms with Gasteiger partial charge in [-0.2, -0.15) is 0 Å². The first kappa shape index (κ1) is 38.2. The minimum Gasteiger partial charge on any atom is -0.459 e. The maximum atomic E-state index is 14.0. The van der Waals surface area contributed by atoms with Crippen molar-refractivity contribution in [2.24, 2.45) is 35.5 Å². The second-order valence-corrected chi connectivity index (χ2v) is 15.3. The Morgan fingerprint density at radius 3 is 2.18 bits per heavy atom. The van der Waals surface area contributed by atoms with Crippen molar-refractivity contribution < 1.29 is 39.1 Å². The second-order valence-electron chi connectivity index (χ2n) is 15.3. The minimum absolute atomic E-state index is 0.0921. The molecule has 3 fully saturated rings. The molecule has 14 atom stereocenters. The van der Waals surface area contributed by atoms with Gasteiger partial charge in [0.1, 0.15) is 23.4 Å². The first-order valence-electron chi connectivity index (χ1n) is 17.5. The molecule has 3 rings (SSSR count). The first-order chi connectivity index (χ1) is 20.9. The van der Waals surface area contributed by atoms with E-state index in [1.807, 2.05) is 47.7 Å². The van der Waals surface area contributed by atoms with Crippen LogP contribution in [0.5, 0.6) is 0 Å². The molecule has 1 saturated carbocycles. The average molecular weight is 640 g/mol. The van der Waals surface area contributed by atoms with Crippen LogP contribution in [-0.2, 0) is 23.7 Å². The van der Waals surface area contributed by atoms with Crippen LogP contribution < -0.4 is 0 Å². The quantitative estimate of drug-likeness (QED) is 0.319. The molecular formula is C36H65NO8. The summed E-state index contributed by atoms with van der Waals surface area (Å²) in [7, 11) is 1.64. The lowest BCUT2D eigenvalue weighted by Gasteiger charge is -2.49. The Morgan fingerprint density at radius 2 is 1.67 bits per heavy atom. The van der Waals surface area contributed by atoms with Gasteiger partial charge >= 0.3 is 5.97 Å². The predicted octanol–water partition coefficient (Wildman–Crippen LogP) is 5.29. The summed E-state index contributed by atoms with van der Waals surface area (Å²) in [4.78, 5) is 16.2. The number of rotatable bonds is 7. The third kappa shape index (κ3) is 7.92. The Morgan fingerprint density at radius 1 is 1.04 bits per heavy atom. The van der Waals surface area contributed by atoms with Crippen molar-refractivity contribution in [1.29, 1.82) is 0 Å². The number of hydrogen-bond donors (Lipinski definition) is 3. The summed E-state index contributed by atoms with van der Waals surface area (Å²) in [5, 5.41) is 35.1. The molecule has 9 nitrogen and oxygen atoms in total. The molecule has 262 valence electrons.